The molecule has 1 aromatic carbocycles. The van der Waals surface area contributed by atoms with Crippen molar-refractivity contribution in [1.82, 2.24) is 4.31 Å². The fraction of sp³-hybridized carbons (Fsp3) is 0.571. The minimum absolute atomic E-state index is 0.0203. The van der Waals surface area contributed by atoms with Gasteiger partial charge in [0.1, 0.15) is 5.75 Å². The number of sulfonamides is 1. The minimum atomic E-state index is -4.36. The van der Waals surface area contributed by atoms with Gasteiger partial charge in [0.25, 0.3) is 0 Å². The SMILES string of the molecule is O=S(=O)(c1ccc2c(c1)CCO2)N1CCCC(C(F)(F)F)C1. The summed E-state index contributed by atoms with van der Waals surface area (Å²) >= 11 is 0. The van der Waals surface area contributed by atoms with Crippen LogP contribution in [0, 0.1) is 5.92 Å². The van der Waals surface area contributed by atoms with E-state index in [0.29, 0.717) is 18.8 Å². The molecular formula is C14H16F3NO3S. The highest BCUT2D eigenvalue weighted by atomic mass is 32.2. The van der Waals surface area contributed by atoms with Crippen LogP contribution in [-0.4, -0.2) is 38.6 Å². The first-order chi connectivity index (χ1) is 10.3. The van der Waals surface area contributed by atoms with E-state index >= 15 is 0 Å². The highest BCUT2D eigenvalue weighted by molar-refractivity contribution is 7.89. The Morgan fingerprint density at radius 3 is 2.77 bits per heavy atom. The molecular weight excluding hydrogens is 319 g/mol. The number of hydrogen-bond donors (Lipinski definition) is 0. The summed E-state index contributed by atoms with van der Waals surface area (Å²) in [6, 6.07) is 4.48. The summed E-state index contributed by atoms with van der Waals surface area (Å²) in [6.07, 6.45) is -3.55. The van der Waals surface area contributed by atoms with Gasteiger partial charge in [-0.2, -0.15) is 17.5 Å². The molecule has 0 bridgehead atoms. The van der Waals surface area contributed by atoms with Gasteiger partial charge < -0.3 is 4.74 Å². The van der Waals surface area contributed by atoms with E-state index in [1.807, 2.05) is 0 Å². The van der Waals surface area contributed by atoms with Crippen molar-refractivity contribution in [3.8, 4) is 5.75 Å². The van der Waals surface area contributed by atoms with Crippen molar-refractivity contribution < 1.29 is 26.3 Å². The van der Waals surface area contributed by atoms with Gasteiger partial charge in [-0.25, -0.2) is 8.42 Å². The summed E-state index contributed by atoms with van der Waals surface area (Å²) in [5.74, 6) is -0.945. The molecule has 0 radical (unpaired) electrons. The van der Waals surface area contributed by atoms with Gasteiger partial charge in [-0.05, 0) is 36.6 Å². The molecule has 8 heteroatoms. The highest BCUT2D eigenvalue weighted by Gasteiger charge is 2.44. The van der Waals surface area contributed by atoms with E-state index < -0.39 is 28.7 Å². The van der Waals surface area contributed by atoms with Crippen LogP contribution in [0.25, 0.3) is 0 Å². The standard InChI is InChI=1S/C14H16F3NO3S/c15-14(16,17)11-2-1-6-18(9-11)22(19,20)12-3-4-13-10(8-12)5-7-21-13/h3-4,8,11H,1-2,5-7,9H2. The van der Waals surface area contributed by atoms with Crippen LogP contribution in [0.5, 0.6) is 5.75 Å². The van der Waals surface area contributed by atoms with Gasteiger partial charge in [0, 0.05) is 19.5 Å². The van der Waals surface area contributed by atoms with Crippen molar-refractivity contribution in [2.24, 2.45) is 5.92 Å². The second kappa shape index (κ2) is 5.42. The zero-order valence-corrected chi connectivity index (χ0v) is 12.6. The zero-order valence-electron chi connectivity index (χ0n) is 11.8. The molecule has 2 aliphatic heterocycles. The summed E-state index contributed by atoms with van der Waals surface area (Å²) in [6.45, 7) is 0.126. The van der Waals surface area contributed by atoms with Gasteiger partial charge in [0.2, 0.25) is 10.0 Å². The van der Waals surface area contributed by atoms with Gasteiger partial charge >= 0.3 is 6.18 Å². The van der Waals surface area contributed by atoms with Crippen LogP contribution in [0.15, 0.2) is 23.1 Å². The van der Waals surface area contributed by atoms with Crippen LogP contribution in [0.2, 0.25) is 0 Å². The summed E-state index contributed by atoms with van der Waals surface area (Å²) < 4.78 is 70.0. The lowest BCUT2D eigenvalue weighted by Crippen LogP contribution is -2.44. The molecule has 122 valence electrons. The summed E-state index contributed by atoms with van der Waals surface area (Å²) in [5.41, 5.74) is 0.783. The van der Waals surface area contributed by atoms with E-state index in [1.165, 1.54) is 12.1 Å². The van der Waals surface area contributed by atoms with E-state index in [1.54, 1.807) is 6.07 Å². The quantitative estimate of drug-likeness (QED) is 0.835. The molecule has 1 fully saturated rings. The fourth-order valence-corrected chi connectivity index (χ4v) is 4.48. The molecule has 2 aliphatic rings. The molecule has 0 saturated carbocycles. The second-order valence-corrected chi connectivity index (χ2v) is 7.55. The maximum absolute atomic E-state index is 12.8. The molecule has 1 atom stereocenters. The monoisotopic (exact) mass is 335 g/mol. The predicted molar refractivity (Wildman–Crippen MR) is 73.2 cm³/mol. The number of alkyl halides is 3. The predicted octanol–water partition coefficient (Wildman–Crippen LogP) is 2.58. The van der Waals surface area contributed by atoms with Gasteiger partial charge in [-0.1, -0.05) is 0 Å². The first kappa shape index (κ1) is 15.6. The number of ether oxygens (including phenoxy) is 1. The third-order valence-electron chi connectivity index (χ3n) is 4.15. The summed E-state index contributed by atoms with van der Waals surface area (Å²) in [5, 5.41) is 0. The third-order valence-corrected chi connectivity index (χ3v) is 6.01. The van der Waals surface area contributed by atoms with E-state index in [2.05, 4.69) is 0 Å². The maximum Gasteiger partial charge on any atom is 0.393 e. The van der Waals surface area contributed by atoms with Crippen molar-refractivity contribution in [3.63, 3.8) is 0 Å². The molecule has 0 N–H and O–H groups in total. The lowest BCUT2D eigenvalue weighted by Gasteiger charge is -2.32. The van der Waals surface area contributed by atoms with Crippen LogP contribution >= 0.6 is 0 Å². The van der Waals surface area contributed by atoms with Gasteiger partial charge in [-0.3, -0.25) is 0 Å². The van der Waals surface area contributed by atoms with Crippen LogP contribution in [0.1, 0.15) is 18.4 Å². The lowest BCUT2D eigenvalue weighted by atomic mass is 9.99. The van der Waals surface area contributed by atoms with Crippen LogP contribution in [0.3, 0.4) is 0 Å². The zero-order chi connectivity index (χ0) is 16.0. The molecule has 0 aliphatic carbocycles. The largest absolute Gasteiger partial charge is 0.493 e. The Kier molecular flexibility index (Phi) is 3.84. The Balaban J connectivity index is 1.86. The van der Waals surface area contributed by atoms with Gasteiger partial charge in [-0.15, -0.1) is 0 Å². The summed E-state index contributed by atoms with van der Waals surface area (Å²) in [4.78, 5) is 0.0413. The van der Waals surface area contributed by atoms with Gasteiger partial charge in [0.15, 0.2) is 0 Å². The average Bonchev–Trinajstić information content (AvgIpc) is 2.94. The van der Waals surface area contributed by atoms with Crippen molar-refractivity contribution in [1.29, 1.82) is 0 Å². The average molecular weight is 335 g/mol. The molecule has 1 aromatic rings. The van der Waals surface area contributed by atoms with Crippen LogP contribution in [-0.2, 0) is 16.4 Å². The van der Waals surface area contributed by atoms with Crippen LogP contribution in [0.4, 0.5) is 13.2 Å². The minimum Gasteiger partial charge on any atom is -0.493 e. The molecule has 4 nitrogen and oxygen atoms in total. The van der Waals surface area contributed by atoms with E-state index in [0.717, 1.165) is 9.87 Å². The number of fused-ring (bicyclic) bond motifs is 1. The fourth-order valence-electron chi connectivity index (χ4n) is 2.90. The molecule has 0 amide bonds. The van der Waals surface area contributed by atoms with Crippen molar-refractivity contribution >= 4 is 10.0 Å². The Morgan fingerprint density at radius 1 is 1.27 bits per heavy atom. The van der Waals surface area contributed by atoms with E-state index in [4.69, 9.17) is 4.74 Å². The van der Waals surface area contributed by atoms with Crippen molar-refractivity contribution in [2.45, 2.75) is 30.3 Å². The topological polar surface area (TPSA) is 46.6 Å². The number of nitrogens with zero attached hydrogens (tertiary/aromatic N) is 1. The molecule has 1 unspecified atom stereocenters. The molecule has 2 heterocycles. The molecule has 22 heavy (non-hydrogen) atoms. The molecule has 1 saturated heterocycles. The normalized spacial score (nSPS) is 23.1. The third kappa shape index (κ3) is 2.81. The first-order valence-corrected chi connectivity index (χ1v) is 8.55. The lowest BCUT2D eigenvalue weighted by molar-refractivity contribution is -0.182. The second-order valence-electron chi connectivity index (χ2n) is 5.61. The molecule has 0 aromatic heterocycles. The number of halogens is 3. The van der Waals surface area contributed by atoms with Crippen molar-refractivity contribution in [2.75, 3.05) is 19.7 Å². The summed E-state index contributed by atoms with van der Waals surface area (Å²) in [7, 11) is -3.90. The van der Waals surface area contributed by atoms with E-state index in [-0.39, 0.29) is 24.3 Å². The Morgan fingerprint density at radius 2 is 2.05 bits per heavy atom. The van der Waals surface area contributed by atoms with Crippen LogP contribution < -0.4 is 4.74 Å². The Labute approximate surface area is 126 Å². The number of benzene rings is 1. The van der Waals surface area contributed by atoms with E-state index in [9.17, 15) is 21.6 Å². The van der Waals surface area contributed by atoms with Crippen molar-refractivity contribution in [3.05, 3.63) is 23.8 Å². The number of hydrogen-bond acceptors (Lipinski definition) is 3. The maximum atomic E-state index is 12.8. The first-order valence-electron chi connectivity index (χ1n) is 7.11. The highest BCUT2D eigenvalue weighted by Crippen LogP contribution is 2.36. The Hall–Kier alpha value is -1.28. The smallest absolute Gasteiger partial charge is 0.393 e. The number of piperidine rings is 1. The molecule has 3 rings (SSSR count). The Bertz CT molecular complexity index is 672. The molecule has 0 spiro atoms. The van der Waals surface area contributed by atoms with Gasteiger partial charge in [0.05, 0.1) is 17.4 Å². The number of rotatable bonds is 2.